The summed E-state index contributed by atoms with van der Waals surface area (Å²) in [6, 6.07) is 8.01. The highest BCUT2D eigenvalue weighted by Crippen LogP contribution is 2.20. The molecule has 2 amide bonds. The molecule has 0 atom stereocenters. The third-order valence-electron chi connectivity index (χ3n) is 4.13. The first-order valence-corrected chi connectivity index (χ1v) is 8.36. The van der Waals surface area contributed by atoms with Crippen molar-refractivity contribution in [3.8, 4) is 0 Å². The SMILES string of the molecule is CCCc1ccc(NC(=O)N2CC=C(c3cnccn3)CC2)cc1. The monoisotopic (exact) mass is 322 g/mol. The minimum absolute atomic E-state index is 0.0623. The quantitative estimate of drug-likeness (QED) is 0.932. The number of hydrogen-bond donors (Lipinski definition) is 1. The summed E-state index contributed by atoms with van der Waals surface area (Å²) >= 11 is 0. The standard InChI is InChI=1S/C19H22N4O/c1-2-3-15-4-6-17(7-5-15)22-19(24)23-12-8-16(9-13-23)18-14-20-10-11-21-18/h4-8,10-11,14H,2-3,9,12-13H2,1H3,(H,22,24). The Hall–Kier alpha value is -2.69. The van der Waals surface area contributed by atoms with Gasteiger partial charge in [0.25, 0.3) is 0 Å². The second-order valence-electron chi connectivity index (χ2n) is 5.89. The molecule has 5 nitrogen and oxygen atoms in total. The van der Waals surface area contributed by atoms with Gasteiger partial charge in [-0.15, -0.1) is 0 Å². The lowest BCUT2D eigenvalue weighted by molar-refractivity contribution is 0.217. The van der Waals surface area contributed by atoms with Crippen molar-refractivity contribution in [3.63, 3.8) is 0 Å². The predicted octanol–water partition coefficient (Wildman–Crippen LogP) is 3.75. The molecule has 0 fully saturated rings. The Bertz CT molecular complexity index is 710. The summed E-state index contributed by atoms with van der Waals surface area (Å²) < 4.78 is 0. The van der Waals surface area contributed by atoms with Gasteiger partial charge in [-0.25, -0.2) is 4.79 Å². The van der Waals surface area contributed by atoms with Crippen LogP contribution >= 0.6 is 0 Å². The second kappa shape index (κ2) is 7.73. The highest BCUT2D eigenvalue weighted by molar-refractivity contribution is 5.90. The summed E-state index contributed by atoms with van der Waals surface area (Å²) in [4.78, 5) is 22.6. The van der Waals surface area contributed by atoms with Crippen LogP contribution in [0.25, 0.3) is 5.57 Å². The van der Waals surface area contributed by atoms with Crippen LogP contribution in [0, 0.1) is 0 Å². The van der Waals surface area contributed by atoms with Crippen molar-refractivity contribution in [1.29, 1.82) is 0 Å². The number of urea groups is 1. The van der Waals surface area contributed by atoms with E-state index < -0.39 is 0 Å². The molecule has 1 aliphatic rings. The van der Waals surface area contributed by atoms with Gasteiger partial charge in [-0.1, -0.05) is 31.6 Å². The van der Waals surface area contributed by atoms with Crippen LogP contribution in [0.15, 0.2) is 48.9 Å². The Labute approximate surface area is 142 Å². The van der Waals surface area contributed by atoms with Crippen LogP contribution in [0.4, 0.5) is 10.5 Å². The molecule has 5 heteroatoms. The molecule has 124 valence electrons. The van der Waals surface area contributed by atoms with Crippen molar-refractivity contribution in [1.82, 2.24) is 14.9 Å². The number of nitrogens with one attached hydrogen (secondary N) is 1. The molecule has 1 N–H and O–H groups in total. The maximum Gasteiger partial charge on any atom is 0.322 e. The van der Waals surface area contributed by atoms with E-state index in [1.165, 1.54) is 5.56 Å². The van der Waals surface area contributed by atoms with Crippen molar-refractivity contribution >= 4 is 17.3 Å². The van der Waals surface area contributed by atoms with Gasteiger partial charge in [-0.2, -0.15) is 0 Å². The lowest BCUT2D eigenvalue weighted by Gasteiger charge is -2.26. The van der Waals surface area contributed by atoms with Crippen LogP contribution in [0.3, 0.4) is 0 Å². The van der Waals surface area contributed by atoms with Crippen LogP contribution in [0.5, 0.6) is 0 Å². The normalized spacial score (nSPS) is 14.2. The molecule has 0 radical (unpaired) electrons. The van der Waals surface area contributed by atoms with Crippen molar-refractivity contribution < 1.29 is 4.79 Å². The summed E-state index contributed by atoms with van der Waals surface area (Å²) in [6.07, 6.45) is 10.2. The molecule has 1 aliphatic heterocycles. The zero-order chi connectivity index (χ0) is 16.8. The lowest BCUT2D eigenvalue weighted by Crippen LogP contribution is -2.37. The molecular formula is C19H22N4O. The molecule has 0 saturated carbocycles. The predicted molar refractivity (Wildman–Crippen MR) is 95.7 cm³/mol. The van der Waals surface area contributed by atoms with E-state index in [-0.39, 0.29) is 6.03 Å². The molecule has 0 bridgehead atoms. The Morgan fingerprint density at radius 3 is 2.71 bits per heavy atom. The average Bonchev–Trinajstić information content (AvgIpc) is 2.64. The fourth-order valence-corrected chi connectivity index (χ4v) is 2.80. The smallest absolute Gasteiger partial charge is 0.320 e. The lowest BCUT2D eigenvalue weighted by atomic mass is 10.1. The summed E-state index contributed by atoms with van der Waals surface area (Å²) in [6.45, 7) is 3.43. The van der Waals surface area contributed by atoms with E-state index in [2.05, 4.69) is 40.4 Å². The molecule has 1 aromatic heterocycles. The highest BCUT2D eigenvalue weighted by Gasteiger charge is 2.18. The van der Waals surface area contributed by atoms with Crippen LogP contribution in [-0.4, -0.2) is 34.0 Å². The Morgan fingerprint density at radius 1 is 1.25 bits per heavy atom. The van der Waals surface area contributed by atoms with E-state index in [0.29, 0.717) is 13.1 Å². The number of benzene rings is 1. The maximum atomic E-state index is 12.4. The number of aromatic nitrogens is 2. The van der Waals surface area contributed by atoms with Gasteiger partial charge >= 0.3 is 6.03 Å². The fraction of sp³-hybridized carbons (Fsp3) is 0.316. The Kier molecular flexibility index (Phi) is 5.21. The van der Waals surface area contributed by atoms with Gasteiger partial charge in [0.2, 0.25) is 0 Å². The zero-order valence-electron chi connectivity index (χ0n) is 13.9. The Balaban J connectivity index is 1.58. The van der Waals surface area contributed by atoms with E-state index in [9.17, 15) is 4.79 Å². The molecule has 3 rings (SSSR count). The maximum absolute atomic E-state index is 12.4. The van der Waals surface area contributed by atoms with E-state index >= 15 is 0 Å². The van der Waals surface area contributed by atoms with Gasteiger partial charge in [0.1, 0.15) is 0 Å². The van der Waals surface area contributed by atoms with Crippen LogP contribution in [0.2, 0.25) is 0 Å². The van der Waals surface area contributed by atoms with Crippen LogP contribution in [0.1, 0.15) is 31.0 Å². The minimum Gasteiger partial charge on any atom is -0.320 e. The molecule has 0 aliphatic carbocycles. The van der Waals surface area contributed by atoms with Crippen LogP contribution < -0.4 is 5.32 Å². The number of hydrogen-bond acceptors (Lipinski definition) is 3. The van der Waals surface area contributed by atoms with Gasteiger partial charge in [-0.05, 0) is 36.1 Å². The number of amides is 2. The molecule has 0 saturated heterocycles. The summed E-state index contributed by atoms with van der Waals surface area (Å²) in [7, 11) is 0. The zero-order valence-corrected chi connectivity index (χ0v) is 13.9. The van der Waals surface area contributed by atoms with Gasteiger partial charge < -0.3 is 10.2 Å². The van der Waals surface area contributed by atoms with E-state index in [1.807, 2.05) is 12.1 Å². The van der Waals surface area contributed by atoms with Gasteiger partial charge in [-0.3, -0.25) is 9.97 Å². The molecule has 0 unspecified atom stereocenters. The average molecular weight is 322 g/mol. The third-order valence-corrected chi connectivity index (χ3v) is 4.13. The van der Waals surface area contributed by atoms with Crippen molar-refractivity contribution in [2.75, 3.05) is 18.4 Å². The molecule has 2 aromatic rings. The molecule has 24 heavy (non-hydrogen) atoms. The first kappa shape index (κ1) is 16.2. The summed E-state index contributed by atoms with van der Waals surface area (Å²) in [5.41, 5.74) is 4.17. The van der Waals surface area contributed by atoms with Gasteiger partial charge in [0.15, 0.2) is 0 Å². The highest BCUT2D eigenvalue weighted by atomic mass is 16.2. The van der Waals surface area contributed by atoms with Gasteiger partial charge in [0.05, 0.1) is 11.9 Å². The summed E-state index contributed by atoms with van der Waals surface area (Å²) in [5.74, 6) is 0. The summed E-state index contributed by atoms with van der Waals surface area (Å²) in [5, 5.41) is 2.97. The molecular weight excluding hydrogens is 300 g/mol. The first-order valence-electron chi connectivity index (χ1n) is 8.36. The van der Waals surface area contributed by atoms with Crippen LogP contribution in [-0.2, 0) is 6.42 Å². The van der Waals surface area contributed by atoms with Gasteiger partial charge in [0, 0.05) is 31.2 Å². The van der Waals surface area contributed by atoms with E-state index in [0.717, 1.165) is 36.2 Å². The number of aryl methyl sites for hydroxylation is 1. The third kappa shape index (κ3) is 3.98. The number of rotatable bonds is 4. The van der Waals surface area contributed by atoms with E-state index in [1.54, 1.807) is 23.5 Å². The second-order valence-corrected chi connectivity index (χ2v) is 5.89. The molecule has 0 spiro atoms. The van der Waals surface area contributed by atoms with Crippen molar-refractivity contribution in [2.45, 2.75) is 26.2 Å². The number of carbonyl (C=O) groups is 1. The largest absolute Gasteiger partial charge is 0.322 e. The first-order chi connectivity index (χ1) is 11.8. The fourth-order valence-electron chi connectivity index (χ4n) is 2.80. The number of anilines is 1. The van der Waals surface area contributed by atoms with Crippen molar-refractivity contribution in [2.24, 2.45) is 0 Å². The van der Waals surface area contributed by atoms with Crippen molar-refractivity contribution in [3.05, 3.63) is 60.2 Å². The minimum atomic E-state index is -0.0623. The Morgan fingerprint density at radius 2 is 2.08 bits per heavy atom. The molecule has 2 heterocycles. The van der Waals surface area contributed by atoms with E-state index in [4.69, 9.17) is 0 Å². The topological polar surface area (TPSA) is 58.1 Å². The molecule has 1 aromatic carbocycles. The number of nitrogens with zero attached hydrogens (tertiary/aromatic N) is 3. The number of carbonyl (C=O) groups excluding carboxylic acids is 1.